The Hall–Kier alpha value is -3.45. The van der Waals surface area contributed by atoms with E-state index in [0.717, 1.165) is 27.8 Å². The minimum Gasteiger partial charge on any atom is -0.458 e. The van der Waals surface area contributed by atoms with Gasteiger partial charge in [0.1, 0.15) is 18.2 Å². The highest BCUT2D eigenvalue weighted by Gasteiger charge is 2.13. The average Bonchev–Trinajstić information content (AvgIpc) is 3.32. The quantitative estimate of drug-likeness (QED) is 0.431. The van der Waals surface area contributed by atoms with Crippen molar-refractivity contribution in [1.29, 1.82) is 0 Å². The van der Waals surface area contributed by atoms with Gasteiger partial charge in [-0.25, -0.2) is 4.98 Å². The number of amides is 1. The van der Waals surface area contributed by atoms with Gasteiger partial charge in [-0.2, -0.15) is 0 Å². The minimum atomic E-state index is -0.323. The zero-order valence-electron chi connectivity index (χ0n) is 17.4. The van der Waals surface area contributed by atoms with Crippen molar-refractivity contribution in [1.82, 2.24) is 9.55 Å². The number of benzene rings is 2. The van der Waals surface area contributed by atoms with Crippen LogP contribution in [0.15, 0.2) is 60.0 Å². The predicted octanol–water partition coefficient (Wildman–Crippen LogP) is 4.64. The summed E-state index contributed by atoms with van der Waals surface area (Å²) in [6.45, 7) is 4.21. The van der Waals surface area contributed by atoms with E-state index in [1.807, 2.05) is 72.3 Å². The van der Waals surface area contributed by atoms with Gasteiger partial charge in [-0.05, 0) is 43.5 Å². The molecule has 4 aromatic rings. The van der Waals surface area contributed by atoms with Crippen LogP contribution in [-0.4, -0.2) is 21.4 Å². The predicted molar refractivity (Wildman–Crippen MR) is 122 cm³/mol. The van der Waals surface area contributed by atoms with Gasteiger partial charge >= 0.3 is 5.97 Å². The van der Waals surface area contributed by atoms with Gasteiger partial charge in [0.2, 0.25) is 5.91 Å². The number of carbonyl (C=O) groups excluding carboxylic acids is 2. The second kappa shape index (κ2) is 9.14. The summed E-state index contributed by atoms with van der Waals surface area (Å²) in [5.41, 5.74) is 4.55. The van der Waals surface area contributed by atoms with E-state index in [1.54, 1.807) is 0 Å². The molecule has 0 atom stereocenters. The molecular formula is C24H23N3O3S. The molecule has 2 aromatic carbocycles. The fourth-order valence-electron chi connectivity index (χ4n) is 3.36. The number of hydrogen-bond donors (Lipinski definition) is 1. The maximum Gasteiger partial charge on any atom is 0.326 e. The topological polar surface area (TPSA) is 73.2 Å². The Bertz CT molecular complexity index is 1220. The molecule has 1 N–H and O–H groups in total. The third-order valence-electron chi connectivity index (χ3n) is 4.93. The van der Waals surface area contributed by atoms with E-state index in [4.69, 9.17) is 4.74 Å². The van der Waals surface area contributed by atoms with E-state index >= 15 is 0 Å². The Morgan fingerprint density at radius 3 is 2.68 bits per heavy atom. The first-order valence-corrected chi connectivity index (χ1v) is 10.9. The molecule has 0 unspecified atom stereocenters. The van der Waals surface area contributed by atoms with Gasteiger partial charge in [0.05, 0.1) is 12.1 Å². The average molecular weight is 434 g/mol. The summed E-state index contributed by atoms with van der Waals surface area (Å²) in [7, 11) is 0. The van der Waals surface area contributed by atoms with Crippen molar-refractivity contribution >= 4 is 39.8 Å². The number of ether oxygens (including phenoxy) is 1. The number of anilines is 1. The zero-order chi connectivity index (χ0) is 21.8. The molecule has 6 nitrogen and oxygen atoms in total. The van der Waals surface area contributed by atoms with Crippen LogP contribution in [-0.2, 0) is 33.9 Å². The minimum absolute atomic E-state index is 0.0904. The Balaban J connectivity index is 1.29. The molecule has 4 rings (SSSR count). The summed E-state index contributed by atoms with van der Waals surface area (Å²) in [6, 6.07) is 17.6. The number of thiazole rings is 1. The molecule has 31 heavy (non-hydrogen) atoms. The molecule has 2 heterocycles. The van der Waals surface area contributed by atoms with Crippen LogP contribution in [0.2, 0.25) is 0 Å². The Kier molecular flexibility index (Phi) is 6.13. The lowest BCUT2D eigenvalue weighted by atomic mass is 10.2. The van der Waals surface area contributed by atoms with Crippen molar-refractivity contribution in [2.75, 3.05) is 5.32 Å². The molecule has 0 saturated carbocycles. The molecule has 0 spiro atoms. The van der Waals surface area contributed by atoms with Gasteiger partial charge in [-0.1, -0.05) is 35.9 Å². The van der Waals surface area contributed by atoms with Gasteiger partial charge in [-0.15, -0.1) is 11.3 Å². The summed E-state index contributed by atoms with van der Waals surface area (Å²) in [4.78, 5) is 29.0. The molecule has 158 valence electrons. The van der Waals surface area contributed by atoms with Crippen LogP contribution in [0.5, 0.6) is 0 Å². The normalized spacial score (nSPS) is 10.9. The smallest absolute Gasteiger partial charge is 0.326 e. The summed E-state index contributed by atoms with van der Waals surface area (Å²) in [5, 5.41) is 6.46. The molecule has 0 aliphatic heterocycles. The molecular weight excluding hydrogens is 410 g/mol. The fourth-order valence-corrected chi connectivity index (χ4v) is 4.14. The lowest BCUT2D eigenvalue weighted by Gasteiger charge is -2.08. The molecule has 0 radical (unpaired) electrons. The lowest BCUT2D eigenvalue weighted by Crippen LogP contribution is -2.15. The molecule has 7 heteroatoms. The molecule has 0 aliphatic carbocycles. The van der Waals surface area contributed by atoms with Crippen molar-refractivity contribution in [2.24, 2.45) is 0 Å². The monoisotopic (exact) mass is 433 g/mol. The number of nitrogens with zero attached hydrogens (tertiary/aromatic N) is 2. The van der Waals surface area contributed by atoms with Crippen LogP contribution in [0, 0.1) is 13.8 Å². The third kappa shape index (κ3) is 5.19. The second-order valence-corrected chi connectivity index (χ2v) is 8.36. The number of esters is 1. The van der Waals surface area contributed by atoms with Gasteiger partial charge < -0.3 is 14.6 Å². The summed E-state index contributed by atoms with van der Waals surface area (Å²) in [5.74, 6) is -0.451. The third-order valence-corrected chi connectivity index (χ3v) is 5.83. The highest BCUT2D eigenvalue weighted by molar-refractivity contribution is 7.09. The molecule has 0 bridgehead atoms. The Morgan fingerprint density at radius 2 is 1.87 bits per heavy atom. The van der Waals surface area contributed by atoms with Gasteiger partial charge in [0.25, 0.3) is 0 Å². The number of hydrogen-bond acceptors (Lipinski definition) is 5. The summed E-state index contributed by atoms with van der Waals surface area (Å²) >= 11 is 1.38. The first-order chi connectivity index (χ1) is 15.0. The number of fused-ring (bicyclic) bond motifs is 1. The molecule has 1 amide bonds. The van der Waals surface area contributed by atoms with Crippen molar-refractivity contribution < 1.29 is 14.3 Å². The number of rotatable bonds is 7. The number of aromatic nitrogens is 2. The van der Waals surface area contributed by atoms with Gasteiger partial charge in [0, 0.05) is 22.3 Å². The number of para-hydroxylation sites is 1. The van der Waals surface area contributed by atoms with Gasteiger partial charge in [0.15, 0.2) is 0 Å². The zero-order valence-corrected chi connectivity index (χ0v) is 18.2. The standard InChI is InChI=1S/C24H23N3O3S/c1-16-7-9-19(10-8-16)25-22(28)12-23-26-20(15-31-23)14-30-24(29)13-27-17(2)11-18-5-3-4-6-21(18)27/h3-11,15H,12-14H2,1-2H3,(H,25,28). The van der Waals surface area contributed by atoms with Crippen LogP contribution in [0.1, 0.15) is 22.0 Å². The van der Waals surface area contributed by atoms with E-state index in [1.165, 1.54) is 11.3 Å². The van der Waals surface area contributed by atoms with Crippen LogP contribution < -0.4 is 5.32 Å². The van der Waals surface area contributed by atoms with Gasteiger partial charge in [-0.3, -0.25) is 9.59 Å². The Morgan fingerprint density at radius 1 is 1.10 bits per heavy atom. The molecule has 0 saturated heterocycles. The van der Waals surface area contributed by atoms with Crippen molar-refractivity contribution in [2.45, 2.75) is 33.4 Å². The van der Waals surface area contributed by atoms with Crippen LogP contribution >= 0.6 is 11.3 Å². The van der Waals surface area contributed by atoms with Crippen molar-refractivity contribution in [3.63, 3.8) is 0 Å². The van der Waals surface area contributed by atoms with Crippen molar-refractivity contribution in [3.05, 3.63) is 81.9 Å². The second-order valence-electron chi connectivity index (χ2n) is 7.41. The molecule has 0 aliphatic rings. The number of carbonyl (C=O) groups is 2. The summed E-state index contributed by atoms with van der Waals surface area (Å²) < 4.78 is 7.36. The number of nitrogens with one attached hydrogen (secondary N) is 1. The highest BCUT2D eigenvalue weighted by Crippen LogP contribution is 2.19. The van der Waals surface area contributed by atoms with E-state index in [0.29, 0.717) is 10.7 Å². The number of aryl methyl sites for hydroxylation is 2. The summed E-state index contributed by atoms with van der Waals surface area (Å²) in [6.07, 6.45) is 0.182. The molecule has 2 aromatic heterocycles. The first-order valence-electron chi connectivity index (χ1n) is 9.98. The first kappa shape index (κ1) is 20.8. The van der Waals surface area contributed by atoms with Crippen molar-refractivity contribution in [3.8, 4) is 0 Å². The Labute approximate surface area is 184 Å². The maximum atomic E-state index is 12.4. The van der Waals surface area contributed by atoms with E-state index < -0.39 is 0 Å². The van der Waals surface area contributed by atoms with E-state index in [2.05, 4.69) is 16.4 Å². The van der Waals surface area contributed by atoms with Crippen LogP contribution in [0.25, 0.3) is 10.9 Å². The largest absolute Gasteiger partial charge is 0.458 e. The van der Waals surface area contributed by atoms with E-state index in [-0.39, 0.29) is 31.4 Å². The van der Waals surface area contributed by atoms with Crippen LogP contribution in [0.4, 0.5) is 5.69 Å². The van der Waals surface area contributed by atoms with Crippen LogP contribution in [0.3, 0.4) is 0 Å². The maximum absolute atomic E-state index is 12.4. The lowest BCUT2D eigenvalue weighted by molar-refractivity contribution is -0.145. The highest BCUT2D eigenvalue weighted by atomic mass is 32.1. The fraction of sp³-hybridized carbons (Fsp3) is 0.208. The SMILES string of the molecule is Cc1ccc(NC(=O)Cc2nc(COC(=O)Cn3c(C)cc4ccccc43)cs2)cc1. The van der Waals surface area contributed by atoms with E-state index in [9.17, 15) is 9.59 Å². The molecule has 0 fully saturated rings.